The highest BCUT2D eigenvalue weighted by Gasteiger charge is 2.84. The third-order valence-electron chi connectivity index (χ3n) is 16.8. The minimum absolute atomic E-state index is 0.00495. The van der Waals surface area contributed by atoms with E-state index in [4.69, 9.17) is 18.9 Å². The molecule has 0 bridgehead atoms. The number of aliphatic hydroxyl groups is 10. The molecule has 0 aromatic heterocycles. The second-order valence-corrected chi connectivity index (χ2v) is 20.4. The first-order valence-corrected chi connectivity index (χ1v) is 20.4. The normalized spacial score (nSPS) is 54.4. The average molecular weight is 773 g/mol. The van der Waals surface area contributed by atoms with E-state index in [0.717, 1.165) is 25.7 Å². The van der Waals surface area contributed by atoms with Crippen molar-refractivity contribution in [2.45, 2.75) is 185 Å². The van der Waals surface area contributed by atoms with Crippen LogP contribution in [-0.2, 0) is 18.9 Å². The summed E-state index contributed by atoms with van der Waals surface area (Å²) < 4.78 is 23.9. The Morgan fingerprint density at radius 1 is 0.741 bits per heavy atom. The molecule has 10 N–H and O–H groups in total. The minimum Gasteiger partial charge on any atom is -0.393 e. The lowest BCUT2D eigenvalue weighted by atomic mass is 9.41. The van der Waals surface area contributed by atoms with Gasteiger partial charge in [-0.05, 0) is 116 Å². The van der Waals surface area contributed by atoms with E-state index in [9.17, 15) is 51.1 Å². The Labute approximate surface area is 318 Å². The summed E-state index contributed by atoms with van der Waals surface area (Å²) in [5.41, 5.74) is -2.68. The maximum Gasteiger partial charge on any atom is 0.186 e. The van der Waals surface area contributed by atoms with Crippen molar-refractivity contribution in [2.24, 2.45) is 50.7 Å². The minimum atomic E-state index is -1.61. The maximum atomic E-state index is 12.3. The van der Waals surface area contributed by atoms with Crippen LogP contribution in [0.4, 0.5) is 0 Å². The molecule has 0 aromatic carbocycles. The van der Waals surface area contributed by atoms with Crippen LogP contribution in [0.2, 0.25) is 0 Å². The van der Waals surface area contributed by atoms with Crippen molar-refractivity contribution in [3.8, 4) is 0 Å². The molecule has 7 aliphatic rings. The van der Waals surface area contributed by atoms with Gasteiger partial charge in [-0.3, -0.25) is 0 Å². The Balaban J connectivity index is 1.09. The van der Waals surface area contributed by atoms with Gasteiger partial charge in [-0.25, -0.2) is 0 Å². The molecule has 7 rings (SSSR count). The summed E-state index contributed by atoms with van der Waals surface area (Å²) in [4.78, 5) is 0. The van der Waals surface area contributed by atoms with Crippen LogP contribution in [0.25, 0.3) is 0 Å². The summed E-state index contributed by atoms with van der Waals surface area (Å²) in [6.07, 6.45) is -9.39. The molecule has 312 valence electrons. The highest BCUT2D eigenvalue weighted by atomic mass is 16.7. The van der Waals surface area contributed by atoms with Gasteiger partial charge in [-0.15, -0.1) is 0 Å². The van der Waals surface area contributed by atoms with Gasteiger partial charge in [0.25, 0.3) is 0 Å². The van der Waals surface area contributed by atoms with Crippen LogP contribution in [-0.4, -0.2) is 150 Å². The van der Waals surface area contributed by atoms with E-state index in [1.54, 1.807) is 0 Å². The number of hydrogen-bond acceptors (Lipinski definition) is 14. The van der Waals surface area contributed by atoms with Crippen molar-refractivity contribution in [1.29, 1.82) is 0 Å². The van der Waals surface area contributed by atoms with Crippen molar-refractivity contribution in [3.63, 3.8) is 0 Å². The zero-order chi connectivity index (χ0) is 39.7. The van der Waals surface area contributed by atoms with E-state index in [1.165, 1.54) is 13.8 Å². The van der Waals surface area contributed by atoms with Crippen molar-refractivity contribution < 1.29 is 70.0 Å². The summed E-state index contributed by atoms with van der Waals surface area (Å²) in [6.45, 7) is 13.3. The number of aliphatic hydroxyl groups excluding tert-OH is 9. The topological polar surface area (TPSA) is 239 Å². The first kappa shape index (κ1) is 41.6. The van der Waals surface area contributed by atoms with E-state index in [2.05, 4.69) is 27.7 Å². The van der Waals surface area contributed by atoms with Gasteiger partial charge in [-0.1, -0.05) is 34.6 Å². The lowest BCUT2D eigenvalue weighted by Gasteiger charge is -2.64. The van der Waals surface area contributed by atoms with Gasteiger partial charge in [0.2, 0.25) is 0 Å². The molecule has 21 unspecified atom stereocenters. The van der Waals surface area contributed by atoms with E-state index in [-0.39, 0.29) is 65.0 Å². The van der Waals surface area contributed by atoms with Crippen LogP contribution >= 0.6 is 0 Å². The monoisotopic (exact) mass is 772 g/mol. The second-order valence-electron chi connectivity index (χ2n) is 20.4. The van der Waals surface area contributed by atoms with Crippen molar-refractivity contribution in [3.05, 3.63) is 0 Å². The van der Waals surface area contributed by atoms with E-state index in [0.29, 0.717) is 19.3 Å². The summed E-state index contributed by atoms with van der Waals surface area (Å²) in [5, 5.41) is 108. The number of ether oxygens (including phenoxy) is 4. The van der Waals surface area contributed by atoms with Crippen LogP contribution in [0.15, 0.2) is 0 Å². The quantitative estimate of drug-likeness (QED) is 0.141. The Morgan fingerprint density at radius 3 is 2.02 bits per heavy atom. The Hall–Kier alpha value is -0.560. The van der Waals surface area contributed by atoms with Gasteiger partial charge in [0.15, 0.2) is 12.6 Å². The molecule has 0 amide bonds. The third kappa shape index (κ3) is 6.02. The Morgan fingerprint density at radius 2 is 1.37 bits per heavy atom. The summed E-state index contributed by atoms with van der Waals surface area (Å²) >= 11 is 0. The zero-order valence-corrected chi connectivity index (χ0v) is 33.0. The van der Waals surface area contributed by atoms with Gasteiger partial charge < -0.3 is 70.0 Å². The first-order valence-electron chi connectivity index (χ1n) is 20.4. The number of fused-ring (bicyclic) bond motifs is 2. The van der Waals surface area contributed by atoms with E-state index >= 15 is 0 Å². The molecule has 5 aliphatic carbocycles. The predicted octanol–water partition coefficient (Wildman–Crippen LogP) is 0.174. The van der Waals surface area contributed by atoms with E-state index < -0.39 is 90.7 Å². The van der Waals surface area contributed by atoms with Crippen LogP contribution in [0, 0.1) is 50.7 Å². The number of hydrogen-bond donors (Lipinski definition) is 10. The van der Waals surface area contributed by atoms with Crippen molar-refractivity contribution in [2.75, 3.05) is 13.2 Å². The van der Waals surface area contributed by atoms with Gasteiger partial charge in [-0.2, -0.15) is 0 Å². The third-order valence-corrected chi connectivity index (χ3v) is 16.8. The molecule has 2 aliphatic heterocycles. The fourth-order valence-corrected chi connectivity index (χ4v) is 14.1. The van der Waals surface area contributed by atoms with Gasteiger partial charge in [0, 0.05) is 0 Å². The molecular formula is C40H68O14. The fraction of sp³-hybridized carbons (Fsp3) is 1.00. The number of rotatable bonds is 9. The molecule has 0 aromatic rings. The molecule has 2 spiro atoms. The average Bonchev–Trinajstić information content (AvgIpc) is 3.67. The molecule has 14 nitrogen and oxygen atoms in total. The summed E-state index contributed by atoms with van der Waals surface area (Å²) in [7, 11) is 0. The van der Waals surface area contributed by atoms with Crippen molar-refractivity contribution in [1.82, 2.24) is 0 Å². The maximum absolute atomic E-state index is 12.3. The second kappa shape index (κ2) is 13.8. The molecule has 5 saturated carbocycles. The molecular weight excluding hydrogens is 704 g/mol. The van der Waals surface area contributed by atoms with E-state index in [1.807, 2.05) is 6.92 Å². The largest absolute Gasteiger partial charge is 0.393 e. The van der Waals surface area contributed by atoms with Gasteiger partial charge in [0.05, 0.1) is 43.2 Å². The van der Waals surface area contributed by atoms with Crippen LogP contribution in [0.1, 0.15) is 99.8 Å². The first-order chi connectivity index (χ1) is 25.0. The standard InChI is InChI=1S/C40H68O14/c1-18(12-20(42)32(49)36(4,5)50)26-21(43)14-38(7)24-13-19(41)31-35(2,3)25(8-9-40(31)17-39(24,40)11-10-37(26,38)6)53-34-30(28(47)23(45)16-52-34)54-33-29(48)27(46)22(44)15-51-33/h18-34,41-50H,8-17H2,1-7H3. The Kier molecular flexibility index (Phi) is 10.6. The molecule has 54 heavy (non-hydrogen) atoms. The lowest BCUT2D eigenvalue weighted by molar-refractivity contribution is -0.356. The van der Waals surface area contributed by atoms with Crippen molar-refractivity contribution >= 4 is 0 Å². The molecule has 2 saturated heterocycles. The van der Waals surface area contributed by atoms with Crippen LogP contribution in [0.3, 0.4) is 0 Å². The zero-order valence-electron chi connectivity index (χ0n) is 33.0. The predicted molar refractivity (Wildman–Crippen MR) is 191 cm³/mol. The fourth-order valence-electron chi connectivity index (χ4n) is 14.1. The Bertz CT molecular complexity index is 1380. The van der Waals surface area contributed by atoms with Crippen LogP contribution in [0.5, 0.6) is 0 Å². The highest BCUT2D eigenvalue weighted by Crippen LogP contribution is 2.89. The molecule has 2 heterocycles. The molecule has 0 radical (unpaired) electrons. The lowest BCUT2D eigenvalue weighted by Crippen LogP contribution is -2.63. The summed E-state index contributed by atoms with van der Waals surface area (Å²) in [6, 6.07) is 0. The van der Waals surface area contributed by atoms with Crippen LogP contribution < -0.4 is 0 Å². The van der Waals surface area contributed by atoms with Gasteiger partial charge in [0.1, 0.15) is 42.7 Å². The summed E-state index contributed by atoms with van der Waals surface area (Å²) in [5.74, 6) is -0.172. The molecule has 7 fully saturated rings. The van der Waals surface area contributed by atoms with Gasteiger partial charge >= 0.3 is 0 Å². The smallest absolute Gasteiger partial charge is 0.186 e. The molecule has 21 atom stereocenters. The SMILES string of the molecule is CC(CC(O)C(O)C(C)(C)O)C1C(O)CC2(C)C3CC(O)C4C(C)(C)C(OC5OCC(O)C(O)C5OC5OCC(O)C(O)C5O)CCC45CC35CCC12C. The molecule has 14 heteroatoms. The highest BCUT2D eigenvalue weighted by molar-refractivity contribution is 5.32.